The van der Waals surface area contributed by atoms with Crippen LogP contribution < -0.4 is 0 Å². The van der Waals surface area contributed by atoms with Crippen LogP contribution in [0.2, 0.25) is 0 Å². The molecular weight excluding hydrogens is 542 g/mol. The zero-order valence-corrected chi connectivity index (χ0v) is 26.1. The summed E-state index contributed by atoms with van der Waals surface area (Å²) < 4.78 is 2.57. The Bertz CT molecular complexity index is 2590. The lowest BCUT2D eigenvalue weighted by molar-refractivity contribution is 0.645. The van der Waals surface area contributed by atoms with Crippen LogP contribution in [0.4, 0.5) is 0 Å². The second-order valence-electron chi connectivity index (χ2n) is 14.1. The van der Waals surface area contributed by atoms with Gasteiger partial charge in [-0.15, -0.1) is 0 Å². The standard InChI is InChI=1S/C44H33N/c1-43(2)35-18-10-8-16-32(35)41-39-27(13-11-19-36(39)43)24-38-40(41)33-22-20-26-12-5-6-14-29(26)42(33)45(38)28-21-23-31-30-15-7-9-17-34(30)44(3,4)37(31)25-28/h5-25H,1-4H3. The fourth-order valence-electron chi connectivity index (χ4n) is 8.99. The second-order valence-corrected chi connectivity index (χ2v) is 14.1. The Labute approximate surface area is 263 Å². The highest BCUT2D eigenvalue weighted by Crippen LogP contribution is 2.54. The molecule has 7 aromatic carbocycles. The minimum absolute atomic E-state index is 0.0686. The maximum absolute atomic E-state index is 2.57. The van der Waals surface area contributed by atoms with Gasteiger partial charge in [0.05, 0.1) is 11.0 Å². The van der Waals surface area contributed by atoms with Crippen molar-refractivity contribution in [2.24, 2.45) is 0 Å². The van der Waals surface area contributed by atoms with Gasteiger partial charge in [-0.05, 0) is 73.3 Å². The normalized spacial score (nSPS) is 15.5. The van der Waals surface area contributed by atoms with Gasteiger partial charge in [-0.3, -0.25) is 0 Å². The van der Waals surface area contributed by atoms with Crippen LogP contribution in [0.1, 0.15) is 49.9 Å². The third kappa shape index (κ3) is 3.04. The highest BCUT2D eigenvalue weighted by molar-refractivity contribution is 6.28. The lowest BCUT2D eigenvalue weighted by Crippen LogP contribution is -2.23. The van der Waals surface area contributed by atoms with E-state index in [2.05, 4.69) is 160 Å². The molecule has 0 amide bonds. The molecule has 2 aliphatic rings. The zero-order chi connectivity index (χ0) is 30.2. The largest absolute Gasteiger partial charge is 0.309 e. The summed E-state index contributed by atoms with van der Waals surface area (Å²) in [6.07, 6.45) is 0. The van der Waals surface area contributed by atoms with Gasteiger partial charge in [-0.2, -0.15) is 0 Å². The summed E-state index contributed by atoms with van der Waals surface area (Å²) >= 11 is 0. The predicted octanol–water partition coefficient (Wildman–Crippen LogP) is 11.7. The first-order chi connectivity index (χ1) is 21.9. The summed E-state index contributed by atoms with van der Waals surface area (Å²) in [6, 6.07) is 48.1. The summed E-state index contributed by atoms with van der Waals surface area (Å²) in [5.74, 6) is 0. The van der Waals surface area contributed by atoms with E-state index in [1.165, 1.54) is 93.5 Å². The Kier molecular flexibility index (Phi) is 4.66. The van der Waals surface area contributed by atoms with E-state index in [-0.39, 0.29) is 10.8 Å². The molecule has 0 atom stereocenters. The zero-order valence-electron chi connectivity index (χ0n) is 26.1. The number of aromatic nitrogens is 1. The van der Waals surface area contributed by atoms with Crippen LogP contribution in [0, 0.1) is 0 Å². The highest BCUT2D eigenvalue weighted by atomic mass is 15.0. The molecular formula is C44H33N. The quantitative estimate of drug-likeness (QED) is 0.183. The minimum atomic E-state index is -0.0809. The van der Waals surface area contributed by atoms with Gasteiger partial charge in [-0.25, -0.2) is 0 Å². The number of hydrogen-bond acceptors (Lipinski definition) is 0. The molecule has 0 fully saturated rings. The number of rotatable bonds is 1. The molecule has 0 bridgehead atoms. The molecule has 45 heavy (non-hydrogen) atoms. The van der Waals surface area contributed by atoms with Gasteiger partial charge in [0.15, 0.2) is 0 Å². The smallest absolute Gasteiger partial charge is 0.0619 e. The molecule has 10 rings (SSSR count). The molecule has 0 spiro atoms. The van der Waals surface area contributed by atoms with E-state index in [1.54, 1.807) is 0 Å². The highest BCUT2D eigenvalue weighted by Gasteiger charge is 2.37. The van der Waals surface area contributed by atoms with Gasteiger partial charge in [-0.1, -0.05) is 137 Å². The number of fused-ring (bicyclic) bond motifs is 11. The van der Waals surface area contributed by atoms with Crippen molar-refractivity contribution in [1.29, 1.82) is 0 Å². The first kappa shape index (κ1) is 25.2. The Morgan fingerprint density at radius 1 is 0.444 bits per heavy atom. The molecule has 0 saturated heterocycles. The fourth-order valence-corrected chi connectivity index (χ4v) is 8.99. The van der Waals surface area contributed by atoms with Gasteiger partial charge in [0, 0.05) is 38.2 Å². The van der Waals surface area contributed by atoms with Crippen LogP contribution in [-0.4, -0.2) is 4.57 Å². The fraction of sp³-hybridized carbons (Fsp3) is 0.136. The number of benzene rings is 7. The first-order valence-corrected chi connectivity index (χ1v) is 16.1. The van der Waals surface area contributed by atoms with Crippen molar-refractivity contribution < 1.29 is 0 Å². The Balaban J connectivity index is 1.42. The minimum Gasteiger partial charge on any atom is -0.309 e. The van der Waals surface area contributed by atoms with Crippen LogP contribution in [0.15, 0.2) is 127 Å². The van der Waals surface area contributed by atoms with Crippen molar-refractivity contribution in [2.45, 2.75) is 38.5 Å². The predicted molar refractivity (Wildman–Crippen MR) is 191 cm³/mol. The molecule has 0 radical (unpaired) electrons. The lowest BCUT2D eigenvalue weighted by atomic mass is 9.68. The third-order valence-corrected chi connectivity index (χ3v) is 11.1. The Morgan fingerprint density at radius 3 is 1.93 bits per heavy atom. The molecule has 0 unspecified atom stereocenters. The van der Waals surface area contributed by atoms with Gasteiger partial charge >= 0.3 is 0 Å². The Hall–Kier alpha value is -5.14. The van der Waals surface area contributed by atoms with E-state index >= 15 is 0 Å². The van der Waals surface area contributed by atoms with Crippen LogP contribution >= 0.6 is 0 Å². The molecule has 2 aliphatic carbocycles. The summed E-state index contributed by atoms with van der Waals surface area (Å²) in [6.45, 7) is 9.52. The lowest BCUT2D eigenvalue weighted by Gasteiger charge is -2.35. The average molecular weight is 576 g/mol. The van der Waals surface area contributed by atoms with Gasteiger partial charge in [0.1, 0.15) is 0 Å². The third-order valence-electron chi connectivity index (χ3n) is 11.1. The van der Waals surface area contributed by atoms with Gasteiger partial charge in [0.2, 0.25) is 0 Å². The molecule has 214 valence electrons. The van der Waals surface area contributed by atoms with Crippen molar-refractivity contribution in [3.63, 3.8) is 0 Å². The molecule has 1 heteroatoms. The van der Waals surface area contributed by atoms with Gasteiger partial charge < -0.3 is 4.57 Å². The van der Waals surface area contributed by atoms with Crippen molar-refractivity contribution in [3.8, 4) is 27.9 Å². The monoisotopic (exact) mass is 575 g/mol. The van der Waals surface area contributed by atoms with Crippen molar-refractivity contribution in [1.82, 2.24) is 4.57 Å². The molecule has 8 aromatic rings. The summed E-state index contributed by atoms with van der Waals surface area (Å²) in [7, 11) is 0. The maximum Gasteiger partial charge on any atom is 0.0619 e. The Morgan fingerprint density at radius 2 is 1.09 bits per heavy atom. The summed E-state index contributed by atoms with van der Waals surface area (Å²) in [4.78, 5) is 0. The van der Waals surface area contributed by atoms with Crippen molar-refractivity contribution >= 4 is 43.4 Å². The van der Waals surface area contributed by atoms with E-state index in [0.29, 0.717) is 0 Å². The first-order valence-electron chi connectivity index (χ1n) is 16.1. The molecule has 1 nitrogen and oxygen atoms in total. The van der Waals surface area contributed by atoms with Crippen LogP contribution in [0.5, 0.6) is 0 Å². The van der Waals surface area contributed by atoms with Crippen LogP contribution in [-0.2, 0) is 10.8 Å². The van der Waals surface area contributed by atoms with E-state index < -0.39 is 0 Å². The molecule has 1 heterocycles. The van der Waals surface area contributed by atoms with Crippen LogP contribution in [0.3, 0.4) is 0 Å². The number of nitrogens with zero attached hydrogens (tertiary/aromatic N) is 1. The summed E-state index contributed by atoms with van der Waals surface area (Å²) in [5.41, 5.74) is 14.7. The second kappa shape index (κ2) is 8.31. The van der Waals surface area contributed by atoms with Gasteiger partial charge in [0.25, 0.3) is 0 Å². The van der Waals surface area contributed by atoms with Crippen molar-refractivity contribution in [2.75, 3.05) is 0 Å². The molecule has 1 aromatic heterocycles. The summed E-state index contributed by atoms with van der Waals surface area (Å²) in [5, 5.41) is 7.92. The number of hydrogen-bond donors (Lipinski definition) is 0. The maximum atomic E-state index is 2.57. The van der Waals surface area contributed by atoms with E-state index in [9.17, 15) is 0 Å². The van der Waals surface area contributed by atoms with Crippen molar-refractivity contribution in [3.05, 3.63) is 150 Å². The molecule has 0 N–H and O–H groups in total. The molecule has 0 aliphatic heterocycles. The van der Waals surface area contributed by atoms with E-state index in [1.807, 2.05) is 0 Å². The molecule has 0 saturated carbocycles. The van der Waals surface area contributed by atoms with Crippen LogP contribution in [0.25, 0.3) is 71.3 Å². The SMILES string of the molecule is CC1(C)c2ccccc2-c2ccc(-n3c4cc5cccc6c5c(c4c4ccc5ccccc5c43)-c3ccccc3C6(C)C)cc21. The topological polar surface area (TPSA) is 4.93 Å². The van der Waals surface area contributed by atoms with E-state index in [4.69, 9.17) is 0 Å². The van der Waals surface area contributed by atoms with E-state index in [0.717, 1.165) is 0 Å². The average Bonchev–Trinajstić information content (AvgIpc) is 3.51.